The van der Waals surface area contributed by atoms with E-state index in [2.05, 4.69) is 26.6 Å². The number of primary amides is 3. The van der Waals surface area contributed by atoms with Crippen molar-refractivity contribution >= 4 is 74.8 Å². The number of benzene rings is 2. The molecule has 2 aromatic rings. The van der Waals surface area contributed by atoms with Crippen molar-refractivity contribution in [2.75, 3.05) is 18.1 Å². The molecular weight excluding hydrogens is 807 g/mol. The van der Waals surface area contributed by atoms with Gasteiger partial charge in [0.1, 0.15) is 42.0 Å². The number of carbonyl (C=O) groups excluding carboxylic acids is 9. The Bertz CT molecular complexity index is 1870. The second-order valence-corrected chi connectivity index (χ2v) is 16.7. The first-order valence-electron chi connectivity index (χ1n) is 18.8. The molecule has 0 radical (unpaired) electrons. The molecule has 318 valence electrons. The smallest absolute Gasteiger partial charge is 0.246 e. The van der Waals surface area contributed by atoms with Gasteiger partial charge in [-0.25, -0.2) is 0 Å². The fourth-order valence-corrected chi connectivity index (χ4v) is 8.61. The Morgan fingerprint density at radius 1 is 0.695 bits per heavy atom. The molecule has 19 nitrogen and oxygen atoms in total. The van der Waals surface area contributed by atoms with E-state index in [1.54, 1.807) is 42.5 Å². The summed E-state index contributed by atoms with van der Waals surface area (Å²) >= 11 is 0. The number of phenols is 1. The monoisotopic (exact) mass is 855 g/mol. The average Bonchev–Trinajstić information content (AvgIpc) is 3.69. The Hall–Kier alpha value is -5.83. The SMILES string of the molecule is NC(=O)CC[C@@H]1NC(=O)[C@H](Cc2ccccc2)NC(=O)[C@H](Cc2ccc(O)cc2)NC(=O)CCSSC[C@@H](C(=O)N2CCC[C@H]2C(N)=O)NC(=O)[C@H](CC(N)=O)NC1=O. The van der Waals surface area contributed by atoms with Gasteiger partial charge in [0.15, 0.2) is 0 Å². The van der Waals surface area contributed by atoms with Crippen molar-refractivity contribution in [2.45, 2.75) is 87.6 Å². The topological polar surface area (TPSA) is 315 Å². The van der Waals surface area contributed by atoms with Crippen LogP contribution in [-0.4, -0.2) is 117 Å². The molecule has 4 rings (SSSR count). The van der Waals surface area contributed by atoms with Gasteiger partial charge in [0.25, 0.3) is 0 Å². The molecule has 2 aliphatic heterocycles. The van der Waals surface area contributed by atoms with Crippen LogP contribution in [0.3, 0.4) is 0 Å². The van der Waals surface area contributed by atoms with Gasteiger partial charge < -0.3 is 53.8 Å². The molecule has 59 heavy (non-hydrogen) atoms. The predicted molar refractivity (Wildman–Crippen MR) is 217 cm³/mol. The minimum absolute atomic E-state index is 0.0138. The zero-order valence-electron chi connectivity index (χ0n) is 32.1. The third-order valence-electron chi connectivity index (χ3n) is 9.50. The summed E-state index contributed by atoms with van der Waals surface area (Å²) in [6, 6.07) is 6.61. The number of hydrogen-bond acceptors (Lipinski definition) is 12. The largest absolute Gasteiger partial charge is 0.508 e. The molecular formula is C38H49N9O10S2. The van der Waals surface area contributed by atoms with E-state index in [9.17, 15) is 48.3 Å². The zero-order valence-corrected chi connectivity index (χ0v) is 33.7. The number of rotatable bonds is 11. The lowest BCUT2D eigenvalue weighted by Gasteiger charge is -2.29. The maximum absolute atomic E-state index is 14.1. The van der Waals surface area contributed by atoms with Crippen LogP contribution in [0, 0.1) is 0 Å². The molecule has 6 atom stereocenters. The normalized spacial score (nSPS) is 24.1. The number of nitrogens with one attached hydrogen (secondary N) is 5. The molecule has 2 saturated heterocycles. The lowest BCUT2D eigenvalue weighted by atomic mass is 10.0. The Morgan fingerprint density at radius 2 is 1.27 bits per heavy atom. The van der Waals surface area contributed by atoms with E-state index in [-0.39, 0.29) is 49.5 Å². The number of hydrogen-bond donors (Lipinski definition) is 9. The fraction of sp³-hybridized carbons (Fsp3) is 0.447. The van der Waals surface area contributed by atoms with Crippen LogP contribution >= 0.6 is 21.6 Å². The molecule has 0 aliphatic carbocycles. The summed E-state index contributed by atoms with van der Waals surface area (Å²) in [5.74, 6) is -7.23. The molecule has 2 heterocycles. The second-order valence-electron chi connectivity index (χ2n) is 14.0. The van der Waals surface area contributed by atoms with Crippen molar-refractivity contribution < 1.29 is 48.3 Å². The molecule has 9 amide bonds. The van der Waals surface area contributed by atoms with Crippen molar-refractivity contribution in [2.24, 2.45) is 17.2 Å². The lowest BCUT2D eigenvalue weighted by molar-refractivity contribution is -0.140. The fourth-order valence-electron chi connectivity index (χ4n) is 6.47. The number of aromatic hydroxyl groups is 1. The Balaban J connectivity index is 1.71. The maximum atomic E-state index is 14.1. The predicted octanol–water partition coefficient (Wildman–Crippen LogP) is -2.00. The minimum atomic E-state index is -1.67. The summed E-state index contributed by atoms with van der Waals surface area (Å²) < 4.78 is 0. The third kappa shape index (κ3) is 14.5. The number of phenolic OH excluding ortho intramolecular Hbond substituents is 1. The standard InChI is InChI=1S/C38H49N9O10S2/c39-30(49)13-12-24-34(53)45-27(19-31(40)50)37(56)46-28(38(57)47-15-4-7-29(47)33(41)52)20-59-58-16-14-32(51)42-25(18-22-8-10-23(48)11-9-22)35(54)44-26(36(55)43-24)17-21-5-2-1-3-6-21/h1-3,5-6,8-11,24-29,48H,4,7,12-20H2,(H2,39,49)(H2,40,50)(H2,41,52)(H,42,51)(H,43,55)(H,44,54)(H,45,53)(H,46,56)/t24-,25-,26-,27-,28-,29-/m0/s1. The highest BCUT2D eigenvalue weighted by Crippen LogP contribution is 2.25. The zero-order chi connectivity index (χ0) is 43.1. The van der Waals surface area contributed by atoms with Gasteiger partial charge in [-0.3, -0.25) is 43.2 Å². The highest BCUT2D eigenvalue weighted by atomic mass is 33.1. The van der Waals surface area contributed by atoms with Gasteiger partial charge >= 0.3 is 0 Å². The summed E-state index contributed by atoms with van der Waals surface area (Å²) in [5, 5.41) is 22.7. The molecule has 0 spiro atoms. The van der Waals surface area contributed by atoms with Crippen LogP contribution < -0.4 is 43.8 Å². The summed E-state index contributed by atoms with van der Waals surface area (Å²) in [5.41, 5.74) is 17.6. The van der Waals surface area contributed by atoms with E-state index in [1.807, 2.05) is 0 Å². The molecule has 2 aliphatic rings. The molecule has 12 N–H and O–H groups in total. The van der Waals surface area contributed by atoms with E-state index < -0.39 is 102 Å². The van der Waals surface area contributed by atoms with Crippen LogP contribution in [0.2, 0.25) is 0 Å². The van der Waals surface area contributed by atoms with Crippen molar-refractivity contribution in [3.8, 4) is 5.75 Å². The highest BCUT2D eigenvalue weighted by molar-refractivity contribution is 8.76. The molecule has 2 fully saturated rings. The highest BCUT2D eigenvalue weighted by Gasteiger charge is 2.38. The minimum Gasteiger partial charge on any atom is -0.508 e. The average molecular weight is 856 g/mol. The van der Waals surface area contributed by atoms with Crippen LogP contribution in [0.25, 0.3) is 0 Å². The number of amides is 9. The van der Waals surface area contributed by atoms with Gasteiger partial charge in [-0.2, -0.15) is 0 Å². The van der Waals surface area contributed by atoms with Crippen LogP contribution in [0.1, 0.15) is 49.7 Å². The number of nitrogens with zero attached hydrogens (tertiary/aromatic N) is 1. The van der Waals surface area contributed by atoms with E-state index in [4.69, 9.17) is 17.2 Å². The van der Waals surface area contributed by atoms with Crippen LogP contribution in [0.4, 0.5) is 0 Å². The second kappa shape index (κ2) is 22.4. The summed E-state index contributed by atoms with van der Waals surface area (Å²) in [7, 11) is 2.32. The van der Waals surface area contributed by atoms with Gasteiger partial charge in [0.05, 0.1) is 6.42 Å². The van der Waals surface area contributed by atoms with E-state index in [0.29, 0.717) is 24.0 Å². The molecule has 0 aromatic heterocycles. The molecule has 21 heteroatoms. The van der Waals surface area contributed by atoms with Gasteiger partial charge in [0.2, 0.25) is 53.2 Å². The van der Waals surface area contributed by atoms with Crippen LogP contribution in [0.15, 0.2) is 54.6 Å². The first-order valence-corrected chi connectivity index (χ1v) is 21.3. The van der Waals surface area contributed by atoms with Crippen molar-refractivity contribution in [1.29, 1.82) is 0 Å². The lowest BCUT2D eigenvalue weighted by Crippen LogP contribution is -2.60. The molecule has 0 unspecified atom stereocenters. The van der Waals surface area contributed by atoms with E-state index in [0.717, 1.165) is 10.8 Å². The van der Waals surface area contributed by atoms with Gasteiger partial charge in [-0.15, -0.1) is 0 Å². The number of carbonyl (C=O) groups is 9. The molecule has 0 bridgehead atoms. The first kappa shape index (κ1) is 45.9. The van der Waals surface area contributed by atoms with E-state index >= 15 is 0 Å². The van der Waals surface area contributed by atoms with Crippen LogP contribution in [-0.2, 0) is 56.0 Å². The molecule has 2 aromatic carbocycles. The Kier molecular flexibility index (Phi) is 17.4. The van der Waals surface area contributed by atoms with Crippen molar-refractivity contribution in [1.82, 2.24) is 31.5 Å². The van der Waals surface area contributed by atoms with E-state index in [1.165, 1.54) is 27.8 Å². The number of nitrogens with two attached hydrogens (primary N) is 3. The number of likely N-dealkylation sites (tertiary alicyclic amines) is 1. The van der Waals surface area contributed by atoms with Gasteiger partial charge in [-0.1, -0.05) is 64.1 Å². The quantitative estimate of drug-likeness (QED) is 0.111. The Labute approximate surface area is 347 Å². The van der Waals surface area contributed by atoms with Crippen molar-refractivity contribution in [3.05, 3.63) is 65.7 Å². The Morgan fingerprint density at radius 3 is 1.90 bits per heavy atom. The van der Waals surface area contributed by atoms with Gasteiger partial charge in [-0.05, 0) is 42.5 Å². The molecule has 0 saturated carbocycles. The first-order chi connectivity index (χ1) is 28.1. The summed E-state index contributed by atoms with van der Waals surface area (Å²) in [4.78, 5) is 120. The van der Waals surface area contributed by atoms with Crippen LogP contribution in [0.5, 0.6) is 5.75 Å². The maximum Gasteiger partial charge on any atom is 0.246 e. The summed E-state index contributed by atoms with van der Waals surface area (Å²) in [6.07, 6.45) is -0.883. The third-order valence-corrected chi connectivity index (χ3v) is 11.9. The van der Waals surface area contributed by atoms with Gasteiger partial charge in [0, 0.05) is 43.7 Å². The summed E-state index contributed by atoms with van der Waals surface area (Å²) in [6.45, 7) is 0.184. The van der Waals surface area contributed by atoms with Crippen molar-refractivity contribution in [3.63, 3.8) is 0 Å².